The van der Waals surface area contributed by atoms with E-state index in [9.17, 15) is 0 Å². The van der Waals surface area contributed by atoms with Gasteiger partial charge in [-0.1, -0.05) is 32.1 Å². The van der Waals surface area contributed by atoms with Crippen LogP contribution >= 0.6 is 24.0 Å². The second kappa shape index (κ2) is 11.6. The first-order chi connectivity index (χ1) is 11.8. The van der Waals surface area contributed by atoms with Crippen molar-refractivity contribution in [3.63, 3.8) is 0 Å². The van der Waals surface area contributed by atoms with Crippen molar-refractivity contribution < 1.29 is 4.74 Å². The van der Waals surface area contributed by atoms with Gasteiger partial charge in [0.2, 0.25) is 0 Å². The second-order valence-electron chi connectivity index (χ2n) is 7.77. The first-order valence-corrected chi connectivity index (χ1v) is 10.2. The van der Waals surface area contributed by atoms with Gasteiger partial charge in [-0.15, -0.1) is 24.0 Å². The van der Waals surface area contributed by atoms with Crippen LogP contribution in [0.25, 0.3) is 0 Å². The Morgan fingerprint density at radius 1 is 1.12 bits per heavy atom. The number of nitrogens with zero attached hydrogens (tertiary/aromatic N) is 2. The second-order valence-corrected chi connectivity index (χ2v) is 7.77. The maximum absolute atomic E-state index is 6.00. The molecule has 2 N–H and O–H groups in total. The SMILES string of the molecule is CN=C(NCCCC1CCCCC1)NCC1CN2CCCC2CO1.I. The highest BCUT2D eigenvalue weighted by Crippen LogP contribution is 2.27. The number of aliphatic imine (C=N–C) groups is 1. The van der Waals surface area contributed by atoms with Crippen LogP contribution in [0.5, 0.6) is 0 Å². The molecule has 25 heavy (non-hydrogen) atoms. The fraction of sp³-hybridized carbons (Fsp3) is 0.947. The number of halogens is 1. The summed E-state index contributed by atoms with van der Waals surface area (Å²) in [6.07, 6.45) is 12.8. The van der Waals surface area contributed by atoms with Crippen LogP contribution in [0.2, 0.25) is 0 Å². The molecular formula is C19H37IN4O. The monoisotopic (exact) mass is 464 g/mol. The van der Waals surface area contributed by atoms with Crippen LogP contribution in [0.1, 0.15) is 57.8 Å². The van der Waals surface area contributed by atoms with E-state index in [-0.39, 0.29) is 24.0 Å². The van der Waals surface area contributed by atoms with Gasteiger partial charge in [0, 0.05) is 32.7 Å². The molecule has 1 aliphatic carbocycles. The fourth-order valence-electron chi connectivity index (χ4n) is 4.51. The summed E-state index contributed by atoms with van der Waals surface area (Å²) in [5.74, 6) is 1.89. The van der Waals surface area contributed by atoms with Crippen molar-refractivity contribution in [2.45, 2.75) is 69.9 Å². The molecule has 0 radical (unpaired) electrons. The Labute approximate surface area is 170 Å². The molecule has 2 atom stereocenters. The lowest BCUT2D eigenvalue weighted by Crippen LogP contribution is -2.51. The van der Waals surface area contributed by atoms with Crippen LogP contribution < -0.4 is 10.6 Å². The highest BCUT2D eigenvalue weighted by atomic mass is 127. The molecule has 2 saturated heterocycles. The zero-order chi connectivity index (χ0) is 16.6. The average molecular weight is 464 g/mol. The molecule has 1 saturated carbocycles. The van der Waals surface area contributed by atoms with Crippen LogP contribution in [0, 0.1) is 5.92 Å². The summed E-state index contributed by atoms with van der Waals surface area (Å²) in [4.78, 5) is 6.94. The minimum absolute atomic E-state index is 0. The van der Waals surface area contributed by atoms with E-state index in [0.29, 0.717) is 12.1 Å². The zero-order valence-electron chi connectivity index (χ0n) is 15.8. The van der Waals surface area contributed by atoms with E-state index < -0.39 is 0 Å². The summed E-state index contributed by atoms with van der Waals surface area (Å²) < 4.78 is 6.00. The smallest absolute Gasteiger partial charge is 0.191 e. The molecule has 0 spiro atoms. The Kier molecular flexibility index (Phi) is 9.84. The quantitative estimate of drug-likeness (QED) is 0.275. The minimum atomic E-state index is 0. The van der Waals surface area contributed by atoms with Crippen LogP contribution in [-0.2, 0) is 4.74 Å². The van der Waals surface area contributed by atoms with Crippen molar-refractivity contribution in [2.75, 3.05) is 39.8 Å². The molecule has 6 heteroatoms. The average Bonchev–Trinajstić information content (AvgIpc) is 3.10. The van der Waals surface area contributed by atoms with Crippen LogP contribution in [-0.4, -0.2) is 62.8 Å². The Bertz CT molecular complexity index is 401. The van der Waals surface area contributed by atoms with Gasteiger partial charge in [-0.25, -0.2) is 0 Å². The van der Waals surface area contributed by atoms with Crippen LogP contribution in [0.3, 0.4) is 0 Å². The highest BCUT2D eigenvalue weighted by Gasteiger charge is 2.32. The van der Waals surface area contributed by atoms with E-state index in [2.05, 4.69) is 20.5 Å². The van der Waals surface area contributed by atoms with Crippen molar-refractivity contribution in [2.24, 2.45) is 10.9 Å². The van der Waals surface area contributed by atoms with Gasteiger partial charge >= 0.3 is 0 Å². The maximum atomic E-state index is 6.00. The van der Waals surface area contributed by atoms with E-state index in [4.69, 9.17) is 4.74 Å². The number of fused-ring (bicyclic) bond motifs is 1. The molecule has 3 aliphatic rings. The highest BCUT2D eigenvalue weighted by molar-refractivity contribution is 14.0. The number of rotatable bonds is 6. The third kappa shape index (κ3) is 6.86. The molecule has 2 aliphatic heterocycles. The lowest BCUT2D eigenvalue weighted by molar-refractivity contribution is -0.0453. The number of nitrogens with one attached hydrogen (secondary N) is 2. The summed E-state index contributed by atoms with van der Waals surface area (Å²) >= 11 is 0. The van der Waals surface area contributed by atoms with Crippen molar-refractivity contribution in [3.05, 3.63) is 0 Å². The summed E-state index contributed by atoms with van der Waals surface area (Å²) in [5.41, 5.74) is 0. The van der Waals surface area contributed by atoms with Gasteiger partial charge < -0.3 is 15.4 Å². The van der Waals surface area contributed by atoms with Crippen LogP contribution in [0.4, 0.5) is 0 Å². The van der Waals surface area contributed by atoms with Gasteiger partial charge in [0.05, 0.1) is 12.7 Å². The van der Waals surface area contributed by atoms with E-state index in [1.165, 1.54) is 64.3 Å². The number of hydrogen-bond acceptors (Lipinski definition) is 3. The predicted octanol–water partition coefficient (Wildman–Crippen LogP) is 2.99. The summed E-state index contributed by atoms with van der Waals surface area (Å²) in [6.45, 7) is 5.09. The number of morpholine rings is 1. The van der Waals surface area contributed by atoms with Gasteiger partial charge in [-0.05, 0) is 38.1 Å². The van der Waals surface area contributed by atoms with Crippen molar-refractivity contribution in [1.29, 1.82) is 0 Å². The van der Waals surface area contributed by atoms with Gasteiger partial charge in [0.15, 0.2) is 5.96 Å². The fourth-order valence-corrected chi connectivity index (χ4v) is 4.51. The Hall–Kier alpha value is -0.0800. The molecule has 0 bridgehead atoms. The Balaban J connectivity index is 0.00000225. The van der Waals surface area contributed by atoms with Crippen molar-refractivity contribution in [1.82, 2.24) is 15.5 Å². The van der Waals surface area contributed by atoms with Gasteiger partial charge in [-0.3, -0.25) is 9.89 Å². The number of ether oxygens (including phenoxy) is 1. The normalized spacial score (nSPS) is 28.3. The van der Waals surface area contributed by atoms with E-state index in [1.54, 1.807) is 0 Å². The lowest BCUT2D eigenvalue weighted by atomic mass is 9.86. The third-order valence-corrected chi connectivity index (χ3v) is 5.99. The molecule has 3 fully saturated rings. The molecule has 0 aromatic rings. The predicted molar refractivity (Wildman–Crippen MR) is 115 cm³/mol. The first kappa shape index (κ1) is 21.2. The van der Waals surface area contributed by atoms with Crippen molar-refractivity contribution in [3.8, 4) is 0 Å². The van der Waals surface area contributed by atoms with E-state index in [0.717, 1.165) is 38.1 Å². The molecule has 0 aromatic heterocycles. The van der Waals surface area contributed by atoms with E-state index >= 15 is 0 Å². The topological polar surface area (TPSA) is 48.9 Å². The molecule has 0 amide bonds. The Morgan fingerprint density at radius 3 is 2.76 bits per heavy atom. The summed E-state index contributed by atoms with van der Waals surface area (Å²) in [7, 11) is 1.86. The summed E-state index contributed by atoms with van der Waals surface area (Å²) in [5, 5.41) is 6.91. The van der Waals surface area contributed by atoms with Gasteiger partial charge in [0.25, 0.3) is 0 Å². The van der Waals surface area contributed by atoms with Crippen LogP contribution in [0.15, 0.2) is 4.99 Å². The zero-order valence-corrected chi connectivity index (χ0v) is 18.2. The number of hydrogen-bond donors (Lipinski definition) is 2. The standard InChI is InChI=1S/C19H36N4O.HI/c1-20-19(21-11-5-9-16-7-3-2-4-8-16)22-13-18-14-23-12-6-10-17(23)15-24-18;/h16-18H,2-15H2,1H3,(H2,20,21,22);1H. The minimum Gasteiger partial charge on any atom is -0.373 e. The van der Waals surface area contributed by atoms with Gasteiger partial charge in [-0.2, -0.15) is 0 Å². The first-order valence-electron chi connectivity index (χ1n) is 10.2. The molecular weight excluding hydrogens is 427 g/mol. The molecule has 146 valence electrons. The lowest BCUT2D eigenvalue weighted by Gasteiger charge is -2.35. The third-order valence-electron chi connectivity index (χ3n) is 5.99. The largest absolute Gasteiger partial charge is 0.373 e. The molecule has 3 rings (SSSR count). The van der Waals surface area contributed by atoms with Gasteiger partial charge in [0.1, 0.15) is 0 Å². The molecule has 2 heterocycles. The summed E-state index contributed by atoms with van der Waals surface area (Å²) in [6, 6.07) is 0.679. The Morgan fingerprint density at radius 2 is 1.96 bits per heavy atom. The molecule has 5 nitrogen and oxygen atoms in total. The molecule has 2 unspecified atom stereocenters. The molecule has 0 aromatic carbocycles. The number of guanidine groups is 1. The van der Waals surface area contributed by atoms with E-state index in [1.807, 2.05) is 7.05 Å². The van der Waals surface area contributed by atoms with Crippen molar-refractivity contribution >= 4 is 29.9 Å². The maximum Gasteiger partial charge on any atom is 0.191 e.